The zero-order chi connectivity index (χ0) is 9.10. The van der Waals surface area contributed by atoms with E-state index in [1.165, 1.54) is 31.4 Å². The lowest BCUT2D eigenvalue weighted by Crippen LogP contribution is -3.00. The number of aryl methyl sites for hydroxylation is 1. The Kier molecular flexibility index (Phi) is 4.81. The van der Waals surface area contributed by atoms with E-state index in [0.29, 0.717) is 6.04 Å². The van der Waals surface area contributed by atoms with Crippen LogP contribution in [-0.4, -0.2) is 6.54 Å². The highest BCUT2D eigenvalue weighted by atomic mass is 127. The highest BCUT2D eigenvalue weighted by molar-refractivity contribution is 5.11. The molecule has 2 heterocycles. The number of rotatable bonds is 1. The number of nitrogens with one attached hydrogen (secondary N) is 1. The third-order valence-corrected chi connectivity index (χ3v) is 2.68. The van der Waals surface area contributed by atoms with Gasteiger partial charge in [-0.2, -0.15) is 0 Å². The number of aromatic nitrogens is 1. The quantitative estimate of drug-likeness (QED) is 0.485. The van der Waals surface area contributed by atoms with Crippen molar-refractivity contribution < 1.29 is 28.5 Å². The monoisotopic (exact) mass is 304 g/mol. The smallest absolute Gasteiger partial charge is 0.173 e. The van der Waals surface area contributed by atoms with Crippen LogP contribution in [0, 0.1) is 0 Å². The second kappa shape index (κ2) is 5.66. The van der Waals surface area contributed by atoms with Gasteiger partial charge in [0.2, 0.25) is 0 Å². The first-order chi connectivity index (χ1) is 6.36. The molecular weight excluding hydrogens is 287 g/mol. The summed E-state index contributed by atoms with van der Waals surface area (Å²) in [5.74, 6) is 0. The van der Waals surface area contributed by atoms with E-state index in [1.807, 2.05) is 0 Å². The van der Waals surface area contributed by atoms with Gasteiger partial charge in [0.15, 0.2) is 12.4 Å². The van der Waals surface area contributed by atoms with Crippen LogP contribution in [0.5, 0.6) is 0 Å². The van der Waals surface area contributed by atoms with E-state index in [1.54, 1.807) is 0 Å². The van der Waals surface area contributed by atoms with Crippen molar-refractivity contribution in [1.82, 2.24) is 5.32 Å². The molecule has 0 spiro atoms. The molecule has 78 valence electrons. The van der Waals surface area contributed by atoms with E-state index < -0.39 is 0 Å². The van der Waals surface area contributed by atoms with Crippen LogP contribution >= 0.6 is 0 Å². The van der Waals surface area contributed by atoms with Gasteiger partial charge in [0.05, 0.1) is 0 Å². The van der Waals surface area contributed by atoms with Crippen molar-refractivity contribution in [2.45, 2.75) is 25.3 Å². The Hall–Kier alpha value is -0.160. The Morgan fingerprint density at radius 1 is 1.43 bits per heavy atom. The van der Waals surface area contributed by atoms with E-state index in [2.05, 4.69) is 41.5 Å². The molecule has 2 rings (SSSR count). The van der Waals surface area contributed by atoms with Gasteiger partial charge in [-0.05, 0) is 25.5 Å². The maximum absolute atomic E-state index is 3.55. The molecule has 1 aromatic heterocycles. The van der Waals surface area contributed by atoms with Crippen LogP contribution in [0.2, 0.25) is 0 Å². The maximum Gasteiger partial charge on any atom is 0.173 e. The molecule has 0 aromatic carbocycles. The summed E-state index contributed by atoms with van der Waals surface area (Å²) in [7, 11) is 2.08. The summed E-state index contributed by atoms with van der Waals surface area (Å²) in [5.41, 5.74) is 1.42. The third kappa shape index (κ3) is 2.92. The minimum Gasteiger partial charge on any atom is -1.00 e. The standard InChI is InChI=1S/C11H17N2.HI/c1-13-8-4-5-10(9-13)11-6-2-3-7-12-11;/h4-5,8-9,11-12H,2-3,6-7H2,1H3;1H/q+1;/p-1. The molecule has 1 fully saturated rings. The van der Waals surface area contributed by atoms with Crippen LogP contribution < -0.4 is 33.9 Å². The maximum atomic E-state index is 3.55. The van der Waals surface area contributed by atoms with E-state index in [9.17, 15) is 0 Å². The molecule has 1 aliphatic rings. The van der Waals surface area contributed by atoms with Crippen LogP contribution in [-0.2, 0) is 7.05 Å². The molecule has 0 aliphatic carbocycles. The Morgan fingerprint density at radius 2 is 2.29 bits per heavy atom. The van der Waals surface area contributed by atoms with E-state index in [4.69, 9.17) is 0 Å². The lowest BCUT2D eigenvalue weighted by atomic mass is 9.99. The molecule has 0 bridgehead atoms. The minimum absolute atomic E-state index is 0. The molecule has 1 unspecified atom stereocenters. The predicted octanol–water partition coefficient (Wildman–Crippen LogP) is -1.67. The fourth-order valence-corrected chi connectivity index (χ4v) is 1.95. The number of piperidine rings is 1. The second-order valence-corrected chi connectivity index (χ2v) is 3.81. The minimum atomic E-state index is 0. The Labute approximate surface area is 103 Å². The van der Waals surface area contributed by atoms with Gasteiger partial charge < -0.3 is 29.3 Å². The van der Waals surface area contributed by atoms with Gasteiger partial charge in [0, 0.05) is 17.7 Å². The summed E-state index contributed by atoms with van der Waals surface area (Å²) in [6, 6.07) is 4.91. The van der Waals surface area contributed by atoms with Crippen molar-refractivity contribution in [3.8, 4) is 0 Å². The summed E-state index contributed by atoms with van der Waals surface area (Å²) in [6.45, 7) is 1.17. The lowest BCUT2D eigenvalue weighted by molar-refractivity contribution is -0.672. The number of hydrogen-bond acceptors (Lipinski definition) is 1. The van der Waals surface area contributed by atoms with Gasteiger partial charge in [-0.25, -0.2) is 4.57 Å². The van der Waals surface area contributed by atoms with E-state index in [-0.39, 0.29) is 24.0 Å². The van der Waals surface area contributed by atoms with Crippen molar-refractivity contribution in [3.63, 3.8) is 0 Å². The largest absolute Gasteiger partial charge is 1.00 e. The molecule has 1 atom stereocenters. The Bertz CT molecular complexity index is 282. The van der Waals surface area contributed by atoms with Crippen LogP contribution in [0.4, 0.5) is 0 Å². The SMILES string of the molecule is C[n+]1cccc(C2CCCCN2)c1.[I-]. The fourth-order valence-electron chi connectivity index (χ4n) is 1.95. The highest BCUT2D eigenvalue weighted by Crippen LogP contribution is 2.21. The van der Waals surface area contributed by atoms with Crippen molar-refractivity contribution in [2.75, 3.05) is 6.54 Å². The molecule has 14 heavy (non-hydrogen) atoms. The molecule has 0 radical (unpaired) electrons. The molecule has 1 saturated heterocycles. The Morgan fingerprint density at radius 3 is 2.93 bits per heavy atom. The van der Waals surface area contributed by atoms with Crippen molar-refractivity contribution in [2.24, 2.45) is 7.05 Å². The summed E-state index contributed by atoms with van der Waals surface area (Å²) in [5, 5.41) is 3.55. The summed E-state index contributed by atoms with van der Waals surface area (Å²) in [6.07, 6.45) is 8.26. The molecule has 3 heteroatoms. The van der Waals surface area contributed by atoms with E-state index in [0.717, 1.165) is 0 Å². The first kappa shape index (κ1) is 11.9. The van der Waals surface area contributed by atoms with Crippen LogP contribution in [0.15, 0.2) is 24.5 Å². The zero-order valence-electron chi connectivity index (χ0n) is 8.54. The summed E-state index contributed by atoms with van der Waals surface area (Å²) < 4.78 is 2.12. The Balaban J connectivity index is 0.000000980. The lowest BCUT2D eigenvalue weighted by Gasteiger charge is -2.22. The topological polar surface area (TPSA) is 15.9 Å². The first-order valence-corrected chi connectivity index (χ1v) is 5.05. The molecule has 1 N–H and O–H groups in total. The molecule has 0 amide bonds. The zero-order valence-corrected chi connectivity index (χ0v) is 10.7. The highest BCUT2D eigenvalue weighted by Gasteiger charge is 2.16. The number of nitrogens with zero attached hydrogens (tertiary/aromatic N) is 1. The normalized spacial score (nSPS) is 21.4. The average Bonchev–Trinajstić information content (AvgIpc) is 2.19. The molecule has 1 aromatic rings. The number of pyridine rings is 1. The average molecular weight is 304 g/mol. The summed E-state index contributed by atoms with van der Waals surface area (Å²) in [4.78, 5) is 0. The van der Waals surface area contributed by atoms with Crippen molar-refractivity contribution in [3.05, 3.63) is 30.1 Å². The van der Waals surface area contributed by atoms with Gasteiger partial charge in [-0.3, -0.25) is 0 Å². The van der Waals surface area contributed by atoms with Gasteiger partial charge in [0.1, 0.15) is 7.05 Å². The molecule has 2 nitrogen and oxygen atoms in total. The predicted molar refractivity (Wildman–Crippen MR) is 52.2 cm³/mol. The van der Waals surface area contributed by atoms with Crippen molar-refractivity contribution in [1.29, 1.82) is 0 Å². The number of hydrogen-bond donors (Lipinski definition) is 1. The van der Waals surface area contributed by atoms with Gasteiger partial charge in [-0.15, -0.1) is 0 Å². The van der Waals surface area contributed by atoms with Crippen LogP contribution in [0.1, 0.15) is 30.9 Å². The molecular formula is C11H17IN2. The van der Waals surface area contributed by atoms with Gasteiger partial charge >= 0.3 is 0 Å². The first-order valence-electron chi connectivity index (χ1n) is 5.05. The second-order valence-electron chi connectivity index (χ2n) is 3.81. The van der Waals surface area contributed by atoms with E-state index >= 15 is 0 Å². The molecule has 1 aliphatic heterocycles. The van der Waals surface area contributed by atoms with Gasteiger partial charge in [0.25, 0.3) is 0 Å². The van der Waals surface area contributed by atoms with Crippen LogP contribution in [0.3, 0.4) is 0 Å². The van der Waals surface area contributed by atoms with Crippen molar-refractivity contribution >= 4 is 0 Å². The molecule has 0 saturated carbocycles. The van der Waals surface area contributed by atoms with Crippen LogP contribution in [0.25, 0.3) is 0 Å². The number of halogens is 1. The fraction of sp³-hybridized carbons (Fsp3) is 0.545. The van der Waals surface area contributed by atoms with Gasteiger partial charge in [-0.1, -0.05) is 6.42 Å². The third-order valence-electron chi connectivity index (χ3n) is 2.68. The summed E-state index contributed by atoms with van der Waals surface area (Å²) >= 11 is 0.